The summed E-state index contributed by atoms with van der Waals surface area (Å²) in [7, 11) is 0. The van der Waals surface area contributed by atoms with Crippen molar-refractivity contribution in [3.8, 4) is 0 Å². The van der Waals surface area contributed by atoms with E-state index in [0.717, 1.165) is 29.6 Å². The maximum atomic E-state index is 5.89. The Labute approximate surface area is 125 Å². The second kappa shape index (κ2) is 5.60. The van der Waals surface area contributed by atoms with E-state index in [1.165, 1.54) is 19.3 Å². The molecule has 3 rings (SSSR count). The third-order valence-electron chi connectivity index (χ3n) is 4.78. The Morgan fingerprint density at radius 1 is 1.40 bits per heavy atom. The van der Waals surface area contributed by atoms with Gasteiger partial charge in [-0.25, -0.2) is 0 Å². The molecule has 0 aliphatic heterocycles. The third-order valence-corrected chi connectivity index (χ3v) is 5.66. The number of anilines is 1. The van der Waals surface area contributed by atoms with Crippen molar-refractivity contribution in [1.82, 2.24) is 10.2 Å². The topological polar surface area (TPSA) is 47.0 Å². The summed E-state index contributed by atoms with van der Waals surface area (Å²) in [5.74, 6) is 0.639. The first-order chi connectivity index (χ1) is 9.64. The molecule has 2 atom stereocenters. The molecule has 2 saturated carbocycles. The van der Waals surface area contributed by atoms with Crippen LogP contribution in [0, 0.1) is 11.3 Å². The minimum absolute atomic E-state index is 0.389. The molecule has 2 aliphatic carbocycles. The summed E-state index contributed by atoms with van der Waals surface area (Å²) in [5, 5.41) is 14.3. The maximum absolute atomic E-state index is 5.89. The van der Waals surface area contributed by atoms with Crippen molar-refractivity contribution in [2.45, 2.75) is 65.0 Å². The maximum Gasteiger partial charge on any atom is 0.205 e. The van der Waals surface area contributed by atoms with Gasteiger partial charge in [0.25, 0.3) is 0 Å². The van der Waals surface area contributed by atoms with Crippen LogP contribution in [0.5, 0.6) is 0 Å². The quantitative estimate of drug-likeness (QED) is 0.872. The van der Waals surface area contributed by atoms with Crippen molar-refractivity contribution < 1.29 is 4.74 Å². The number of ether oxygens (including phenoxy) is 1. The second-order valence-electron chi connectivity index (χ2n) is 6.56. The van der Waals surface area contributed by atoms with Crippen LogP contribution in [-0.2, 0) is 11.2 Å². The summed E-state index contributed by atoms with van der Waals surface area (Å²) in [4.78, 5) is 0. The molecule has 2 unspecified atom stereocenters. The molecule has 1 spiro atoms. The van der Waals surface area contributed by atoms with Gasteiger partial charge in [-0.1, -0.05) is 31.6 Å². The van der Waals surface area contributed by atoms with E-state index in [1.807, 2.05) is 0 Å². The number of rotatable bonds is 6. The summed E-state index contributed by atoms with van der Waals surface area (Å²) in [5.41, 5.74) is 0.389. The zero-order chi connectivity index (χ0) is 14.2. The van der Waals surface area contributed by atoms with Crippen LogP contribution in [0.3, 0.4) is 0 Å². The standard InChI is InChI=1S/C15H25N3OS/c1-4-19-12-9-11(15(12)6-5-7-15)16-14-18-17-13(20-14)8-10(2)3/h10-12H,4-9H2,1-3H3,(H,16,18). The van der Waals surface area contributed by atoms with E-state index in [0.29, 0.717) is 23.5 Å². The molecule has 1 aromatic rings. The SMILES string of the molecule is CCOC1CC(Nc2nnc(CC(C)C)s2)C12CCC2. The molecule has 0 saturated heterocycles. The lowest BCUT2D eigenvalue weighted by atomic mass is 9.51. The first kappa shape index (κ1) is 14.3. The van der Waals surface area contributed by atoms with Gasteiger partial charge < -0.3 is 10.1 Å². The smallest absolute Gasteiger partial charge is 0.205 e. The Bertz CT molecular complexity index is 456. The van der Waals surface area contributed by atoms with E-state index >= 15 is 0 Å². The highest BCUT2D eigenvalue weighted by atomic mass is 32.1. The van der Waals surface area contributed by atoms with Crippen LogP contribution in [-0.4, -0.2) is 29.0 Å². The molecule has 4 nitrogen and oxygen atoms in total. The van der Waals surface area contributed by atoms with E-state index in [-0.39, 0.29) is 0 Å². The Balaban J connectivity index is 1.60. The summed E-state index contributed by atoms with van der Waals surface area (Å²) in [6, 6.07) is 0.535. The lowest BCUT2D eigenvalue weighted by molar-refractivity contribution is -0.157. The molecule has 2 aliphatic rings. The average Bonchev–Trinajstić information content (AvgIpc) is 2.72. The zero-order valence-corrected chi connectivity index (χ0v) is 13.5. The molecule has 0 amide bonds. The van der Waals surface area contributed by atoms with Gasteiger partial charge in [-0.2, -0.15) is 0 Å². The van der Waals surface area contributed by atoms with Crippen molar-refractivity contribution in [3.63, 3.8) is 0 Å². The minimum Gasteiger partial charge on any atom is -0.378 e. The number of hydrogen-bond acceptors (Lipinski definition) is 5. The van der Waals surface area contributed by atoms with Crippen LogP contribution >= 0.6 is 11.3 Å². The fraction of sp³-hybridized carbons (Fsp3) is 0.867. The van der Waals surface area contributed by atoms with Crippen molar-refractivity contribution in [3.05, 3.63) is 5.01 Å². The van der Waals surface area contributed by atoms with Gasteiger partial charge in [0.15, 0.2) is 0 Å². The molecule has 0 bridgehead atoms. The predicted octanol–water partition coefficient (Wildman–Crippen LogP) is 3.50. The monoisotopic (exact) mass is 295 g/mol. The highest BCUT2D eigenvalue weighted by Crippen LogP contribution is 2.58. The van der Waals surface area contributed by atoms with Crippen LogP contribution in [0.2, 0.25) is 0 Å². The predicted molar refractivity (Wildman–Crippen MR) is 82.2 cm³/mol. The number of nitrogens with zero attached hydrogens (tertiary/aromatic N) is 2. The van der Waals surface area contributed by atoms with Crippen LogP contribution in [0.25, 0.3) is 0 Å². The molecule has 0 aromatic carbocycles. The lowest BCUT2D eigenvalue weighted by Gasteiger charge is -2.60. The zero-order valence-electron chi connectivity index (χ0n) is 12.7. The fourth-order valence-corrected chi connectivity index (χ4v) is 4.54. The van der Waals surface area contributed by atoms with E-state index in [1.54, 1.807) is 11.3 Å². The van der Waals surface area contributed by atoms with Gasteiger partial charge in [-0.15, -0.1) is 10.2 Å². The third kappa shape index (κ3) is 2.46. The molecule has 1 N–H and O–H groups in total. The van der Waals surface area contributed by atoms with E-state index in [2.05, 4.69) is 36.3 Å². The number of hydrogen-bond donors (Lipinski definition) is 1. The Kier molecular flexibility index (Phi) is 4.00. The lowest BCUT2D eigenvalue weighted by Crippen LogP contribution is -2.64. The van der Waals surface area contributed by atoms with E-state index in [4.69, 9.17) is 4.74 Å². The molecule has 0 radical (unpaired) electrons. The molecule has 1 heterocycles. The highest BCUT2D eigenvalue weighted by Gasteiger charge is 2.59. The summed E-state index contributed by atoms with van der Waals surface area (Å²) >= 11 is 1.71. The summed E-state index contributed by atoms with van der Waals surface area (Å²) in [6.07, 6.45) is 6.54. The van der Waals surface area contributed by atoms with Gasteiger partial charge in [0.2, 0.25) is 5.13 Å². The van der Waals surface area contributed by atoms with Crippen LogP contribution in [0.4, 0.5) is 5.13 Å². The normalized spacial score (nSPS) is 27.4. The summed E-state index contributed by atoms with van der Waals surface area (Å²) < 4.78 is 5.89. The number of aromatic nitrogens is 2. The molecule has 20 heavy (non-hydrogen) atoms. The molecule has 5 heteroatoms. The molecular weight excluding hydrogens is 270 g/mol. The highest BCUT2D eigenvalue weighted by molar-refractivity contribution is 7.15. The van der Waals surface area contributed by atoms with Gasteiger partial charge >= 0.3 is 0 Å². The molecule has 112 valence electrons. The van der Waals surface area contributed by atoms with Crippen LogP contribution < -0.4 is 5.32 Å². The Morgan fingerprint density at radius 2 is 2.20 bits per heavy atom. The minimum atomic E-state index is 0.389. The van der Waals surface area contributed by atoms with E-state index < -0.39 is 0 Å². The van der Waals surface area contributed by atoms with Crippen LogP contribution in [0.15, 0.2) is 0 Å². The molecular formula is C15H25N3OS. The number of nitrogens with one attached hydrogen (secondary N) is 1. The van der Waals surface area contributed by atoms with E-state index in [9.17, 15) is 0 Å². The first-order valence-corrected chi connectivity index (χ1v) is 8.66. The second-order valence-corrected chi connectivity index (χ2v) is 7.62. The first-order valence-electron chi connectivity index (χ1n) is 7.84. The largest absolute Gasteiger partial charge is 0.378 e. The Hall–Kier alpha value is -0.680. The molecule has 2 fully saturated rings. The van der Waals surface area contributed by atoms with Gasteiger partial charge in [0, 0.05) is 24.5 Å². The Morgan fingerprint density at radius 3 is 2.80 bits per heavy atom. The van der Waals surface area contributed by atoms with Crippen molar-refractivity contribution in [2.75, 3.05) is 11.9 Å². The average molecular weight is 295 g/mol. The van der Waals surface area contributed by atoms with Crippen molar-refractivity contribution in [2.24, 2.45) is 11.3 Å². The van der Waals surface area contributed by atoms with Gasteiger partial charge in [-0.05, 0) is 32.1 Å². The van der Waals surface area contributed by atoms with Crippen LogP contribution in [0.1, 0.15) is 51.5 Å². The molecule has 1 aromatic heterocycles. The van der Waals surface area contributed by atoms with Crippen molar-refractivity contribution >= 4 is 16.5 Å². The van der Waals surface area contributed by atoms with Gasteiger partial charge in [0.05, 0.1) is 6.10 Å². The van der Waals surface area contributed by atoms with Gasteiger partial charge in [-0.3, -0.25) is 0 Å². The fourth-order valence-electron chi connectivity index (χ4n) is 3.53. The summed E-state index contributed by atoms with van der Waals surface area (Å²) in [6.45, 7) is 7.36. The van der Waals surface area contributed by atoms with Crippen molar-refractivity contribution in [1.29, 1.82) is 0 Å². The van der Waals surface area contributed by atoms with Gasteiger partial charge in [0.1, 0.15) is 5.01 Å².